The number of nitrogens with one attached hydrogen (secondary N) is 2. The van der Waals surface area contributed by atoms with Gasteiger partial charge in [0, 0.05) is 17.1 Å². The number of para-hydroxylation sites is 1. The van der Waals surface area contributed by atoms with Crippen LogP contribution in [-0.2, 0) is 0 Å². The van der Waals surface area contributed by atoms with Gasteiger partial charge in [-0.15, -0.1) is 0 Å². The number of carbonyl (C=O) groups excluding carboxylic acids is 1. The van der Waals surface area contributed by atoms with Gasteiger partial charge in [-0.3, -0.25) is 4.79 Å². The summed E-state index contributed by atoms with van der Waals surface area (Å²) < 4.78 is 0.829. The minimum atomic E-state index is -0.258. The van der Waals surface area contributed by atoms with Crippen LogP contribution in [0.25, 0.3) is 0 Å². The molecule has 5 nitrogen and oxygen atoms in total. The van der Waals surface area contributed by atoms with Crippen molar-refractivity contribution < 1.29 is 4.79 Å². The van der Waals surface area contributed by atoms with Crippen LogP contribution in [0.5, 0.6) is 0 Å². The summed E-state index contributed by atoms with van der Waals surface area (Å²) in [4.78, 5) is 20.4. The number of aromatic nitrogens is 2. The van der Waals surface area contributed by atoms with Crippen molar-refractivity contribution in [2.45, 2.75) is 26.2 Å². The largest absolute Gasteiger partial charge is 0.370 e. The molecule has 0 atom stereocenters. The molecule has 6 heteroatoms. The molecule has 0 aliphatic carbocycles. The highest BCUT2D eigenvalue weighted by atomic mass is 79.9. The van der Waals surface area contributed by atoms with E-state index >= 15 is 0 Å². The molecule has 1 heterocycles. The minimum Gasteiger partial charge on any atom is -0.370 e. The van der Waals surface area contributed by atoms with Gasteiger partial charge in [-0.2, -0.15) is 0 Å². The molecule has 0 spiro atoms. The van der Waals surface area contributed by atoms with Gasteiger partial charge >= 0.3 is 0 Å². The molecule has 116 valence electrons. The quantitative estimate of drug-likeness (QED) is 0.727. The molecule has 0 unspecified atom stereocenters. The van der Waals surface area contributed by atoms with Crippen LogP contribution >= 0.6 is 15.9 Å². The summed E-state index contributed by atoms with van der Waals surface area (Å²) >= 11 is 3.40. The molecule has 0 radical (unpaired) electrons. The van der Waals surface area contributed by atoms with Gasteiger partial charge in [-0.25, -0.2) is 9.97 Å². The summed E-state index contributed by atoms with van der Waals surface area (Å²) in [5.41, 5.74) is 1.05. The molecule has 2 N–H and O–H groups in total. The second-order valence-corrected chi connectivity index (χ2v) is 5.71. The van der Waals surface area contributed by atoms with E-state index in [-0.39, 0.29) is 5.91 Å². The number of carbonyl (C=O) groups is 1. The predicted molar refractivity (Wildman–Crippen MR) is 92.1 cm³/mol. The van der Waals surface area contributed by atoms with Gasteiger partial charge < -0.3 is 10.6 Å². The summed E-state index contributed by atoms with van der Waals surface area (Å²) in [6.45, 7) is 3.00. The van der Waals surface area contributed by atoms with Crippen LogP contribution in [0.1, 0.15) is 36.7 Å². The average molecular weight is 363 g/mol. The lowest BCUT2D eigenvalue weighted by Gasteiger charge is -2.08. The number of unbranched alkanes of at least 4 members (excludes halogenated alkanes) is 2. The second-order valence-electron chi connectivity index (χ2n) is 4.86. The Morgan fingerprint density at radius 3 is 2.82 bits per heavy atom. The van der Waals surface area contributed by atoms with Crippen molar-refractivity contribution in [3.05, 3.63) is 46.8 Å². The highest BCUT2D eigenvalue weighted by Crippen LogP contribution is 2.21. The van der Waals surface area contributed by atoms with E-state index in [0.717, 1.165) is 17.4 Å². The molecule has 0 bridgehead atoms. The van der Waals surface area contributed by atoms with Crippen molar-refractivity contribution in [1.82, 2.24) is 9.97 Å². The molecular weight excluding hydrogens is 344 g/mol. The van der Waals surface area contributed by atoms with E-state index in [4.69, 9.17) is 0 Å². The van der Waals surface area contributed by atoms with E-state index in [2.05, 4.69) is 43.5 Å². The molecule has 1 aromatic heterocycles. The smallest absolute Gasteiger partial charge is 0.274 e. The zero-order valence-corrected chi connectivity index (χ0v) is 14.1. The number of rotatable bonds is 7. The Kier molecular flexibility index (Phi) is 6.33. The van der Waals surface area contributed by atoms with Gasteiger partial charge in [-0.1, -0.05) is 31.9 Å². The fourth-order valence-electron chi connectivity index (χ4n) is 1.92. The fourth-order valence-corrected chi connectivity index (χ4v) is 2.30. The molecule has 0 aliphatic heterocycles. The van der Waals surface area contributed by atoms with Crippen molar-refractivity contribution >= 4 is 33.3 Å². The van der Waals surface area contributed by atoms with Crippen molar-refractivity contribution in [2.75, 3.05) is 17.2 Å². The Morgan fingerprint density at radius 1 is 1.23 bits per heavy atom. The highest BCUT2D eigenvalue weighted by Gasteiger charge is 2.10. The van der Waals surface area contributed by atoms with Crippen molar-refractivity contribution in [3.8, 4) is 0 Å². The van der Waals surface area contributed by atoms with Gasteiger partial charge in [0.2, 0.25) is 0 Å². The Bertz CT molecular complexity index is 633. The normalized spacial score (nSPS) is 10.3. The standard InChI is InChI=1S/C16H19BrN4O/c1-2-3-6-9-18-15-10-14(19-11-20-15)16(22)21-13-8-5-4-7-12(13)17/h4-5,7-8,10-11H,2-3,6,9H2,1H3,(H,21,22)(H,18,19,20). The van der Waals surface area contributed by atoms with Crippen LogP contribution in [0.15, 0.2) is 41.1 Å². The summed E-state index contributed by atoms with van der Waals surface area (Å²) in [5.74, 6) is 0.411. The van der Waals surface area contributed by atoms with Crippen molar-refractivity contribution in [1.29, 1.82) is 0 Å². The summed E-state index contributed by atoms with van der Waals surface area (Å²) in [6, 6.07) is 9.12. The maximum absolute atomic E-state index is 12.2. The lowest BCUT2D eigenvalue weighted by molar-refractivity contribution is 0.102. The van der Waals surface area contributed by atoms with E-state index in [9.17, 15) is 4.79 Å². The lowest BCUT2D eigenvalue weighted by Crippen LogP contribution is -2.15. The van der Waals surface area contributed by atoms with Gasteiger partial charge in [0.15, 0.2) is 0 Å². The van der Waals surface area contributed by atoms with Gasteiger partial charge in [0.05, 0.1) is 5.69 Å². The lowest BCUT2D eigenvalue weighted by atomic mass is 10.2. The second kappa shape index (κ2) is 8.48. The average Bonchev–Trinajstić information content (AvgIpc) is 2.54. The molecule has 1 aromatic carbocycles. The molecule has 2 aromatic rings. The maximum atomic E-state index is 12.2. The van der Waals surface area contributed by atoms with Gasteiger partial charge in [0.25, 0.3) is 5.91 Å². The van der Waals surface area contributed by atoms with Gasteiger partial charge in [0.1, 0.15) is 17.8 Å². The van der Waals surface area contributed by atoms with Crippen LogP contribution in [0.2, 0.25) is 0 Å². The Morgan fingerprint density at radius 2 is 2.05 bits per heavy atom. The van der Waals surface area contributed by atoms with E-state index in [0.29, 0.717) is 17.2 Å². The molecule has 0 fully saturated rings. The first-order valence-corrected chi connectivity index (χ1v) is 8.12. The number of nitrogens with zero attached hydrogens (tertiary/aromatic N) is 2. The number of benzene rings is 1. The highest BCUT2D eigenvalue weighted by molar-refractivity contribution is 9.10. The fraction of sp³-hybridized carbons (Fsp3) is 0.312. The van der Waals surface area contributed by atoms with E-state index in [1.54, 1.807) is 6.07 Å². The molecule has 1 amide bonds. The summed E-state index contributed by atoms with van der Waals surface area (Å²) in [6.07, 6.45) is 4.83. The summed E-state index contributed by atoms with van der Waals surface area (Å²) in [5, 5.41) is 6.04. The molecule has 0 saturated carbocycles. The molecule has 0 aliphatic rings. The van der Waals surface area contributed by atoms with Crippen LogP contribution in [0.3, 0.4) is 0 Å². The predicted octanol–water partition coefficient (Wildman–Crippen LogP) is 4.09. The number of halogens is 1. The first-order chi connectivity index (χ1) is 10.7. The third-order valence-corrected chi connectivity index (χ3v) is 3.80. The maximum Gasteiger partial charge on any atom is 0.274 e. The Balaban J connectivity index is 1.99. The number of hydrogen-bond donors (Lipinski definition) is 2. The third kappa shape index (κ3) is 4.80. The Labute approximate surface area is 138 Å². The third-order valence-electron chi connectivity index (χ3n) is 3.11. The minimum absolute atomic E-state index is 0.258. The van der Waals surface area contributed by atoms with Crippen molar-refractivity contribution in [2.24, 2.45) is 0 Å². The summed E-state index contributed by atoms with van der Waals surface area (Å²) in [7, 11) is 0. The van der Waals surface area contributed by atoms with E-state index in [1.165, 1.54) is 19.2 Å². The zero-order valence-electron chi connectivity index (χ0n) is 12.5. The van der Waals surface area contributed by atoms with Crippen molar-refractivity contribution in [3.63, 3.8) is 0 Å². The zero-order chi connectivity index (χ0) is 15.8. The first kappa shape index (κ1) is 16.4. The molecular formula is C16H19BrN4O. The van der Waals surface area contributed by atoms with Crippen LogP contribution in [-0.4, -0.2) is 22.4 Å². The van der Waals surface area contributed by atoms with Crippen LogP contribution in [0, 0.1) is 0 Å². The number of amides is 1. The SMILES string of the molecule is CCCCCNc1cc(C(=O)Nc2ccccc2Br)ncn1. The Hall–Kier alpha value is -1.95. The number of hydrogen-bond acceptors (Lipinski definition) is 4. The monoisotopic (exact) mass is 362 g/mol. The molecule has 0 saturated heterocycles. The van der Waals surface area contributed by atoms with E-state index in [1.807, 2.05) is 24.3 Å². The van der Waals surface area contributed by atoms with E-state index < -0.39 is 0 Å². The first-order valence-electron chi connectivity index (χ1n) is 7.32. The number of anilines is 2. The molecule has 22 heavy (non-hydrogen) atoms. The van der Waals surface area contributed by atoms with Gasteiger partial charge in [-0.05, 0) is 34.5 Å². The van der Waals surface area contributed by atoms with Crippen LogP contribution < -0.4 is 10.6 Å². The molecule has 2 rings (SSSR count). The topological polar surface area (TPSA) is 66.9 Å². The van der Waals surface area contributed by atoms with Crippen LogP contribution in [0.4, 0.5) is 11.5 Å².